The van der Waals surface area contributed by atoms with Crippen LogP contribution in [0.5, 0.6) is 0 Å². The Morgan fingerprint density at radius 3 is 2.50 bits per heavy atom. The van der Waals surface area contributed by atoms with Gasteiger partial charge in [-0.1, -0.05) is 12.1 Å². The number of aryl methyl sites for hydroxylation is 2. The lowest BCUT2D eigenvalue weighted by atomic mass is 10.1. The maximum absolute atomic E-state index is 12.4. The first kappa shape index (κ1) is 21.0. The van der Waals surface area contributed by atoms with Crippen molar-refractivity contribution >= 4 is 27.3 Å². The van der Waals surface area contributed by atoms with E-state index in [-0.39, 0.29) is 23.8 Å². The molecular formula is C20H27N3O3S2. The first-order valence-corrected chi connectivity index (χ1v) is 11.8. The fraction of sp³-hybridized carbons (Fsp3) is 0.450. The van der Waals surface area contributed by atoms with E-state index in [2.05, 4.69) is 27.1 Å². The van der Waals surface area contributed by atoms with Crippen molar-refractivity contribution in [2.45, 2.75) is 31.7 Å². The summed E-state index contributed by atoms with van der Waals surface area (Å²) in [7, 11) is -3.59. The first-order chi connectivity index (χ1) is 13.3. The van der Waals surface area contributed by atoms with Crippen molar-refractivity contribution in [1.82, 2.24) is 14.5 Å². The molecule has 0 spiro atoms. The van der Waals surface area contributed by atoms with Crippen molar-refractivity contribution in [3.05, 3.63) is 51.7 Å². The molecule has 0 aliphatic carbocycles. The van der Waals surface area contributed by atoms with Crippen LogP contribution in [0.1, 0.15) is 22.4 Å². The molecule has 28 heavy (non-hydrogen) atoms. The van der Waals surface area contributed by atoms with Crippen LogP contribution in [0.15, 0.2) is 40.6 Å². The second-order valence-electron chi connectivity index (χ2n) is 7.13. The largest absolute Gasteiger partial charge is 0.340 e. The monoisotopic (exact) mass is 421 g/mol. The number of sulfonamides is 1. The zero-order chi connectivity index (χ0) is 20.1. The summed E-state index contributed by atoms with van der Waals surface area (Å²) in [5, 5.41) is 2.08. The average Bonchev–Trinajstić information content (AvgIpc) is 3.17. The van der Waals surface area contributed by atoms with Crippen molar-refractivity contribution in [3.63, 3.8) is 0 Å². The molecule has 1 fully saturated rings. The van der Waals surface area contributed by atoms with E-state index in [1.807, 2.05) is 18.7 Å². The molecule has 6 nitrogen and oxygen atoms in total. The third-order valence-corrected chi connectivity index (χ3v) is 7.42. The van der Waals surface area contributed by atoms with Gasteiger partial charge in [0.1, 0.15) is 0 Å². The molecule has 0 saturated carbocycles. The Kier molecular flexibility index (Phi) is 6.87. The van der Waals surface area contributed by atoms with Gasteiger partial charge < -0.3 is 4.90 Å². The van der Waals surface area contributed by atoms with Gasteiger partial charge in [0, 0.05) is 50.6 Å². The number of piperazine rings is 1. The van der Waals surface area contributed by atoms with Gasteiger partial charge >= 0.3 is 0 Å². The molecule has 1 saturated heterocycles. The lowest BCUT2D eigenvalue weighted by Gasteiger charge is -2.34. The molecule has 1 N–H and O–H groups in total. The molecule has 1 aromatic heterocycles. The van der Waals surface area contributed by atoms with Crippen LogP contribution in [-0.4, -0.2) is 56.8 Å². The zero-order valence-electron chi connectivity index (χ0n) is 16.3. The van der Waals surface area contributed by atoms with Crippen LogP contribution >= 0.6 is 11.3 Å². The van der Waals surface area contributed by atoms with E-state index < -0.39 is 10.0 Å². The van der Waals surface area contributed by atoms with Crippen LogP contribution in [0.2, 0.25) is 0 Å². The molecule has 0 unspecified atom stereocenters. The van der Waals surface area contributed by atoms with E-state index in [1.165, 1.54) is 4.88 Å². The number of nitrogens with zero attached hydrogens (tertiary/aromatic N) is 2. The van der Waals surface area contributed by atoms with E-state index in [1.54, 1.807) is 29.5 Å². The van der Waals surface area contributed by atoms with Gasteiger partial charge in [-0.15, -0.1) is 11.3 Å². The highest BCUT2D eigenvalue weighted by Gasteiger charge is 2.22. The number of carbonyl (C=O) groups excluding carboxylic acids is 1. The number of nitrogens with one attached hydrogen (secondary N) is 1. The van der Waals surface area contributed by atoms with Crippen molar-refractivity contribution in [2.75, 3.05) is 32.7 Å². The number of benzene rings is 1. The third-order valence-electron chi connectivity index (χ3n) is 5.10. The van der Waals surface area contributed by atoms with E-state index in [0.717, 1.165) is 30.8 Å². The minimum atomic E-state index is -3.59. The Morgan fingerprint density at radius 2 is 1.86 bits per heavy atom. The topological polar surface area (TPSA) is 69.7 Å². The van der Waals surface area contributed by atoms with E-state index in [0.29, 0.717) is 13.1 Å². The van der Waals surface area contributed by atoms with Crippen molar-refractivity contribution in [1.29, 1.82) is 0 Å². The Bertz CT molecular complexity index is 903. The summed E-state index contributed by atoms with van der Waals surface area (Å²) in [6.07, 6.45) is 0.176. The summed E-state index contributed by atoms with van der Waals surface area (Å²) < 4.78 is 27.4. The van der Waals surface area contributed by atoms with E-state index in [4.69, 9.17) is 0 Å². The van der Waals surface area contributed by atoms with Gasteiger partial charge in [0.15, 0.2) is 0 Å². The number of hydrogen-bond donors (Lipinski definition) is 1. The Labute approximate surface area is 171 Å². The predicted octanol–water partition coefficient (Wildman–Crippen LogP) is 2.38. The number of hydrogen-bond acceptors (Lipinski definition) is 5. The molecule has 1 aliphatic rings. The molecule has 0 atom stereocenters. The highest BCUT2D eigenvalue weighted by molar-refractivity contribution is 7.89. The predicted molar refractivity (Wildman–Crippen MR) is 112 cm³/mol. The lowest BCUT2D eigenvalue weighted by Crippen LogP contribution is -2.48. The normalized spacial score (nSPS) is 15.7. The number of amides is 1. The fourth-order valence-electron chi connectivity index (χ4n) is 3.19. The summed E-state index contributed by atoms with van der Waals surface area (Å²) in [5.41, 5.74) is 1.98. The van der Waals surface area contributed by atoms with Gasteiger partial charge in [0.25, 0.3) is 0 Å². The maximum Gasteiger partial charge on any atom is 0.240 e. The Morgan fingerprint density at radius 1 is 1.11 bits per heavy atom. The van der Waals surface area contributed by atoms with Crippen molar-refractivity contribution in [2.24, 2.45) is 0 Å². The van der Waals surface area contributed by atoms with Crippen LogP contribution in [0.25, 0.3) is 0 Å². The van der Waals surface area contributed by atoms with E-state index >= 15 is 0 Å². The molecule has 1 amide bonds. The van der Waals surface area contributed by atoms with Gasteiger partial charge in [-0.25, -0.2) is 13.1 Å². The van der Waals surface area contributed by atoms with Crippen LogP contribution in [0.3, 0.4) is 0 Å². The Balaban J connectivity index is 1.43. The zero-order valence-corrected chi connectivity index (χ0v) is 18.0. The molecule has 2 aromatic rings. The summed E-state index contributed by atoms with van der Waals surface area (Å²) in [6.45, 7) is 7.94. The van der Waals surface area contributed by atoms with Gasteiger partial charge in [0.2, 0.25) is 15.9 Å². The second-order valence-corrected chi connectivity index (χ2v) is 9.93. The van der Waals surface area contributed by atoms with Crippen molar-refractivity contribution in [3.8, 4) is 0 Å². The minimum Gasteiger partial charge on any atom is -0.340 e. The molecule has 2 heterocycles. The van der Waals surface area contributed by atoms with Crippen molar-refractivity contribution < 1.29 is 13.2 Å². The third kappa shape index (κ3) is 5.41. The fourth-order valence-corrected chi connectivity index (χ4v) is 5.06. The molecule has 8 heteroatoms. The summed E-state index contributed by atoms with van der Waals surface area (Å²) in [6, 6.07) is 9.24. The minimum absolute atomic E-state index is 0.00133. The van der Waals surface area contributed by atoms with Crippen LogP contribution in [0.4, 0.5) is 0 Å². The van der Waals surface area contributed by atoms with Crippen LogP contribution in [0, 0.1) is 13.8 Å². The number of carbonyl (C=O) groups is 1. The smallest absolute Gasteiger partial charge is 0.240 e. The molecule has 1 aliphatic heterocycles. The van der Waals surface area contributed by atoms with Gasteiger partial charge in [-0.2, -0.15) is 0 Å². The van der Waals surface area contributed by atoms with Crippen LogP contribution < -0.4 is 4.72 Å². The molecule has 0 bridgehead atoms. The highest BCUT2D eigenvalue weighted by atomic mass is 32.2. The SMILES string of the molecule is Cc1ccc(S(=O)(=O)NCCC(=O)N2CCN(Cc3cccs3)CC2)cc1C. The number of thiophene rings is 1. The molecule has 3 rings (SSSR count). The molecule has 0 radical (unpaired) electrons. The summed E-state index contributed by atoms with van der Waals surface area (Å²) in [5.74, 6) is -0.00133. The molecule has 152 valence electrons. The molecular weight excluding hydrogens is 394 g/mol. The van der Waals surface area contributed by atoms with E-state index in [9.17, 15) is 13.2 Å². The maximum atomic E-state index is 12.4. The Hall–Kier alpha value is -1.74. The lowest BCUT2D eigenvalue weighted by molar-refractivity contribution is -0.132. The molecule has 1 aromatic carbocycles. The highest BCUT2D eigenvalue weighted by Crippen LogP contribution is 2.15. The van der Waals surface area contributed by atoms with Gasteiger partial charge in [0.05, 0.1) is 4.90 Å². The quantitative estimate of drug-likeness (QED) is 0.745. The standard InChI is InChI=1S/C20H27N3O3S2/c1-16-5-6-19(14-17(16)2)28(25,26)21-8-7-20(24)23-11-9-22(10-12-23)15-18-4-3-13-27-18/h3-6,13-14,21H,7-12,15H2,1-2H3. The van der Waals surface area contributed by atoms with Gasteiger partial charge in [-0.05, 0) is 48.6 Å². The first-order valence-electron chi connectivity index (χ1n) is 9.44. The van der Waals surface area contributed by atoms with Crippen LogP contribution in [-0.2, 0) is 21.4 Å². The van der Waals surface area contributed by atoms with Gasteiger partial charge in [-0.3, -0.25) is 9.69 Å². The summed E-state index contributed by atoms with van der Waals surface area (Å²) >= 11 is 1.75. The average molecular weight is 422 g/mol. The summed E-state index contributed by atoms with van der Waals surface area (Å²) in [4.78, 5) is 18.2. The second kappa shape index (κ2) is 9.17. The number of rotatable bonds is 7.